The van der Waals surface area contributed by atoms with Gasteiger partial charge < -0.3 is 4.42 Å². The summed E-state index contributed by atoms with van der Waals surface area (Å²) in [5.74, 6) is 1.21. The van der Waals surface area contributed by atoms with E-state index >= 15 is 0 Å². The molecule has 0 spiro atoms. The van der Waals surface area contributed by atoms with Crippen LogP contribution in [-0.4, -0.2) is 4.57 Å². The number of aromatic nitrogens is 2. The quantitative estimate of drug-likeness (QED) is 0.199. The molecule has 33 heavy (non-hydrogen) atoms. The van der Waals surface area contributed by atoms with E-state index in [0.717, 1.165) is 11.2 Å². The smallest absolute Gasteiger partial charge is 0.259 e. The third kappa shape index (κ3) is 2.48. The van der Waals surface area contributed by atoms with Gasteiger partial charge in [0, 0.05) is 17.7 Å². The molecule has 7 rings (SSSR count). The van der Waals surface area contributed by atoms with Gasteiger partial charge in [-0.3, -0.25) is 0 Å². The number of benzene rings is 5. The van der Waals surface area contributed by atoms with Gasteiger partial charge in [0.25, 0.3) is 5.82 Å². The number of hydrogen-bond donors (Lipinski definition) is 0. The van der Waals surface area contributed by atoms with Gasteiger partial charge in [-0.05, 0) is 70.4 Å². The van der Waals surface area contributed by atoms with E-state index in [1.807, 2.05) is 12.1 Å². The molecule has 0 aliphatic heterocycles. The molecule has 7 aromatic rings. The molecule has 158 valence electrons. The number of nitrogens with zero attached hydrogens (tertiary/aromatic N) is 2. The van der Waals surface area contributed by atoms with E-state index < -0.39 is 0 Å². The molecule has 0 aliphatic carbocycles. The van der Waals surface area contributed by atoms with Crippen LogP contribution in [0.25, 0.3) is 60.2 Å². The summed E-state index contributed by atoms with van der Waals surface area (Å²) < 4.78 is 10.9. The third-order valence-electron chi connectivity index (χ3n) is 7.20. The molecule has 2 aromatic heterocycles. The Bertz CT molecular complexity index is 1900. The van der Waals surface area contributed by atoms with E-state index in [-0.39, 0.29) is 0 Å². The number of furan rings is 1. The largest absolute Gasteiger partial charge is 0.456 e. The van der Waals surface area contributed by atoms with Crippen molar-refractivity contribution >= 4 is 54.5 Å². The molecule has 0 unspecified atom stereocenters. The summed E-state index contributed by atoms with van der Waals surface area (Å²) in [7, 11) is 2.15. The number of fused-ring (bicyclic) bond motifs is 7. The first-order valence-electron chi connectivity index (χ1n) is 11.3. The van der Waals surface area contributed by atoms with Crippen molar-refractivity contribution in [3.05, 3.63) is 96.3 Å². The lowest BCUT2D eigenvalue weighted by atomic mass is 9.99. The van der Waals surface area contributed by atoms with Crippen LogP contribution >= 0.6 is 0 Å². The summed E-state index contributed by atoms with van der Waals surface area (Å²) in [6.45, 7) is 4.36. The Morgan fingerprint density at radius 3 is 2.24 bits per heavy atom. The summed E-state index contributed by atoms with van der Waals surface area (Å²) in [4.78, 5) is 0. The number of para-hydroxylation sites is 2. The molecule has 0 saturated carbocycles. The highest BCUT2D eigenvalue weighted by Crippen LogP contribution is 2.36. The van der Waals surface area contributed by atoms with Crippen LogP contribution in [0.5, 0.6) is 0 Å². The lowest BCUT2D eigenvalue weighted by Gasteiger charge is -2.06. The average molecular weight is 428 g/mol. The number of aryl methyl sites for hydroxylation is 2. The van der Waals surface area contributed by atoms with Crippen molar-refractivity contribution in [3.8, 4) is 5.69 Å². The predicted molar refractivity (Wildman–Crippen MR) is 136 cm³/mol. The van der Waals surface area contributed by atoms with Crippen molar-refractivity contribution in [1.82, 2.24) is 4.57 Å². The summed E-state index contributed by atoms with van der Waals surface area (Å²) in [6, 6.07) is 30.5. The van der Waals surface area contributed by atoms with Crippen molar-refractivity contribution in [1.29, 1.82) is 0 Å². The van der Waals surface area contributed by atoms with Crippen LogP contribution in [0.3, 0.4) is 0 Å². The molecule has 3 heteroatoms. The maximum atomic E-state index is 6.22. The highest BCUT2D eigenvalue weighted by atomic mass is 16.3. The molecular formula is C30H23N2O+. The fraction of sp³-hybridized carbons (Fsp3) is 0.100. The van der Waals surface area contributed by atoms with Gasteiger partial charge in [0.2, 0.25) is 0 Å². The lowest BCUT2D eigenvalue weighted by Crippen LogP contribution is -2.30. The van der Waals surface area contributed by atoms with Crippen molar-refractivity contribution in [2.24, 2.45) is 7.05 Å². The Hall–Kier alpha value is -4.11. The Morgan fingerprint density at radius 2 is 1.39 bits per heavy atom. The van der Waals surface area contributed by atoms with Gasteiger partial charge in [0.1, 0.15) is 16.9 Å². The van der Waals surface area contributed by atoms with Crippen LogP contribution in [0, 0.1) is 13.8 Å². The molecule has 0 aliphatic rings. The Kier molecular flexibility index (Phi) is 3.61. The predicted octanol–water partition coefficient (Wildman–Crippen LogP) is 7.28. The minimum Gasteiger partial charge on any atom is -0.456 e. The second kappa shape index (κ2) is 6.46. The Labute approximate surface area is 191 Å². The molecule has 0 saturated heterocycles. The van der Waals surface area contributed by atoms with Crippen LogP contribution in [0.4, 0.5) is 0 Å². The van der Waals surface area contributed by atoms with Crippen LogP contribution in [0.2, 0.25) is 0 Å². The molecule has 2 heterocycles. The SMILES string of the molecule is Cc1ccccc1-n1c(C)[n+](C)c2cc3ccc4cc5c(cc4c3cc21)oc1ccccc15. The highest BCUT2D eigenvalue weighted by molar-refractivity contribution is 6.17. The first kappa shape index (κ1) is 18.5. The Morgan fingerprint density at radius 1 is 0.667 bits per heavy atom. The first-order chi connectivity index (χ1) is 16.1. The zero-order valence-corrected chi connectivity index (χ0v) is 18.9. The van der Waals surface area contributed by atoms with Gasteiger partial charge >= 0.3 is 0 Å². The molecule has 0 radical (unpaired) electrons. The number of hydrogen-bond acceptors (Lipinski definition) is 1. The fourth-order valence-electron chi connectivity index (χ4n) is 5.37. The van der Waals surface area contributed by atoms with Gasteiger partial charge in [-0.1, -0.05) is 48.5 Å². The molecule has 0 amide bonds. The van der Waals surface area contributed by atoms with E-state index in [1.165, 1.54) is 60.4 Å². The summed E-state index contributed by atoms with van der Waals surface area (Å²) in [5.41, 5.74) is 6.80. The molecule has 3 nitrogen and oxygen atoms in total. The monoisotopic (exact) mass is 427 g/mol. The van der Waals surface area contributed by atoms with E-state index in [4.69, 9.17) is 4.42 Å². The van der Waals surface area contributed by atoms with E-state index in [9.17, 15) is 0 Å². The number of imidazole rings is 1. The van der Waals surface area contributed by atoms with E-state index in [1.54, 1.807) is 0 Å². The van der Waals surface area contributed by atoms with Crippen LogP contribution in [0.1, 0.15) is 11.4 Å². The van der Waals surface area contributed by atoms with E-state index in [0.29, 0.717) is 0 Å². The lowest BCUT2D eigenvalue weighted by molar-refractivity contribution is -0.652. The zero-order chi connectivity index (χ0) is 22.3. The molecule has 5 aromatic carbocycles. The van der Waals surface area contributed by atoms with Crippen molar-refractivity contribution in [2.45, 2.75) is 13.8 Å². The standard InChI is InChI=1S/C30H23N2O/c1-18-8-4-6-10-26(18)32-19(2)31(3)27-15-21-13-12-20-14-25-22-9-5-7-11-29(22)33-30(25)17-24(20)23(21)16-28(27)32/h4-17H,1-3H3/q+1. The summed E-state index contributed by atoms with van der Waals surface area (Å²) >= 11 is 0. The third-order valence-corrected chi connectivity index (χ3v) is 7.20. The minimum atomic E-state index is 0.936. The summed E-state index contributed by atoms with van der Waals surface area (Å²) in [5, 5.41) is 7.28. The highest BCUT2D eigenvalue weighted by Gasteiger charge is 2.23. The molecule has 0 fully saturated rings. The minimum absolute atomic E-state index is 0.936. The zero-order valence-electron chi connectivity index (χ0n) is 18.9. The molecular weight excluding hydrogens is 404 g/mol. The topological polar surface area (TPSA) is 21.9 Å². The fourth-order valence-corrected chi connectivity index (χ4v) is 5.37. The van der Waals surface area contributed by atoms with Crippen LogP contribution in [-0.2, 0) is 7.05 Å². The maximum absolute atomic E-state index is 6.22. The molecule has 0 bridgehead atoms. The maximum Gasteiger partial charge on any atom is 0.259 e. The van der Waals surface area contributed by atoms with Crippen molar-refractivity contribution in [2.75, 3.05) is 0 Å². The Balaban J connectivity index is 1.62. The second-order valence-corrected chi connectivity index (χ2v) is 9.02. The summed E-state index contributed by atoms with van der Waals surface area (Å²) in [6.07, 6.45) is 0. The van der Waals surface area contributed by atoms with Gasteiger partial charge in [-0.2, -0.15) is 4.57 Å². The van der Waals surface area contributed by atoms with Gasteiger partial charge in [-0.25, -0.2) is 4.57 Å². The van der Waals surface area contributed by atoms with Crippen molar-refractivity contribution < 1.29 is 8.98 Å². The first-order valence-corrected chi connectivity index (χ1v) is 11.3. The average Bonchev–Trinajstić information content (AvgIpc) is 3.31. The van der Waals surface area contributed by atoms with Gasteiger partial charge in [-0.15, -0.1) is 0 Å². The van der Waals surface area contributed by atoms with E-state index in [2.05, 4.69) is 103 Å². The molecule has 0 N–H and O–H groups in total. The second-order valence-electron chi connectivity index (χ2n) is 9.02. The van der Waals surface area contributed by atoms with Gasteiger partial charge in [0.05, 0.1) is 7.05 Å². The van der Waals surface area contributed by atoms with Crippen LogP contribution < -0.4 is 4.57 Å². The number of rotatable bonds is 1. The molecule has 0 atom stereocenters. The normalized spacial score (nSPS) is 12.1. The van der Waals surface area contributed by atoms with Crippen molar-refractivity contribution in [3.63, 3.8) is 0 Å². The van der Waals surface area contributed by atoms with Crippen LogP contribution in [0.15, 0.2) is 89.3 Å². The van der Waals surface area contributed by atoms with Gasteiger partial charge in [0.15, 0.2) is 11.0 Å².